The van der Waals surface area contributed by atoms with E-state index in [1.807, 2.05) is 61.5 Å². The number of anilines is 1. The van der Waals surface area contributed by atoms with Crippen LogP contribution in [0, 0.1) is 6.92 Å². The van der Waals surface area contributed by atoms with Crippen molar-refractivity contribution in [2.75, 3.05) is 12.4 Å². The van der Waals surface area contributed by atoms with Gasteiger partial charge in [-0.3, -0.25) is 4.79 Å². The van der Waals surface area contributed by atoms with Gasteiger partial charge in [0.2, 0.25) is 5.91 Å². The summed E-state index contributed by atoms with van der Waals surface area (Å²) in [5.41, 5.74) is 4.40. The minimum Gasteiger partial charge on any atom is -0.497 e. The zero-order chi connectivity index (χ0) is 21.4. The van der Waals surface area contributed by atoms with Crippen molar-refractivity contribution in [2.24, 2.45) is 0 Å². The van der Waals surface area contributed by atoms with Crippen LogP contribution in [0.1, 0.15) is 29.2 Å². The number of rotatable bonds is 4. The van der Waals surface area contributed by atoms with Crippen molar-refractivity contribution in [3.63, 3.8) is 0 Å². The van der Waals surface area contributed by atoms with E-state index >= 15 is 0 Å². The molecule has 1 aliphatic heterocycles. The summed E-state index contributed by atoms with van der Waals surface area (Å²) >= 11 is 0. The first-order valence-electron chi connectivity index (χ1n) is 9.93. The smallest absolute Gasteiger partial charge is 0.272 e. The predicted molar refractivity (Wildman–Crippen MR) is 115 cm³/mol. The molecule has 2 aromatic carbocycles. The van der Waals surface area contributed by atoms with E-state index in [2.05, 4.69) is 25.6 Å². The van der Waals surface area contributed by atoms with E-state index in [1.165, 1.54) is 0 Å². The highest BCUT2D eigenvalue weighted by Crippen LogP contribution is 2.39. The van der Waals surface area contributed by atoms with Crippen LogP contribution in [0.25, 0.3) is 17.2 Å². The molecule has 5 rings (SSSR count). The first kappa shape index (κ1) is 18.9. The molecule has 0 fully saturated rings. The Morgan fingerprint density at radius 3 is 2.61 bits per heavy atom. The lowest BCUT2D eigenvalue weighted by molar-refractivity contribution is -0.116. The summed E-state index contributed by atoms with van der Waals surface area (Å²) < 4.78 is 6.78. The Labute approximate surface area is 178 Å². The van der Waals surface area contributed by atoms with E-state index in [0.717, 1.165) is 28.1 Å². The fourth-order valence-corrected chi connectivity index (χ4v) is 3.95. The molecule has 31 heavy (non-hydrogen) atoms. The number of carbonyl (C=O) groups excluding carboxylic acids is 1. The largest absolute Gasteiger partial charge is 0.497 e. The van der Waals surface area contributed by atoms with Gasteiger partial charge in [-0.2, -0.15) is 14.9 Å². The fourth-order valence-electron chi connectivity index (χ4n) is 3.95. The molecule has 0 radical (unpaired) electrons. The van der Waals surface area contributed by atoms with Crippen LogP contribution in [0.4, 0.5) is 5.82 Å². The van der Waals surface area contributed by atoms with Crippen molar-refractivity contribution in [2.45, 2.75) is 19.3 Å². The van der Waals surface area contributed by atoms with Crippen LogP contribution in [0.2, 0.25) is 0 Å². The maximum Gasteiger partial charge on any atom is 0.272 e. The number of aryl methyl sites for hydroxylation is 1. The normalized spacial score (nSPS) is 15.3. The number of methoxy groups -OCH3 is 1. The van der Waals surface area contributed by atoms with Gasteiger partial charge >= 0.3 is 0 Å². The van der Waals surface area contributed by atoms with Crippen molar-refractivity contribution in [3.8, 4) is 23.0 Å². The average Bonchev–Trinajstić information content (AvgIpc) is 3.15. The van der Waals surface area contributed by atoms with Gasteiger partial charge in [0.25, 0.3) is 5.95 Å². The minimum absolute atomic E-state index is 0.0678. The third-order valence-electron chi connectivity index (χ3n) is 5.43. The average molecular weight is 412 g/mol. The lowest BCUT2D eigenvalue weighted by Gasteiger charge is -2.24. The maximum atomic E-state index is 12.5. The number of nitrogens with zero attached hydrogens (tertiary/aromatic N) is 5. The molecule has 0 aliphatic carbocycles. The second-order valence-corrected chi connectivity index (χ2v) is 7.35. The highest BCUT2D eigenvalue weighted by molar-refractivity contribution is 5.95. The minimum atomic E-state index is -0.0727. The van der Waals surface area contributed by atoms with E-state index in [0.29, 0.717) is 23.9 Å². The molecule has 0 saturated carbocycles. The molecule has 1 atom stereocenters. The number of fused-ring (bicyclic) bond motifs is 1. The van der Waals surface area contributed by atoms with Crippen LogP contribution < -0.4 is 10.1 Å². The predicted octanol–water partition coefficient (Wildman–Crippen LogP) is 3.52. The molecule has 0 bridgehead atoms. The van der Waals surface area contributed by atoms with Crippen molar-refractivity contribution in [3.05, 3.63) is 77.6 Å². The van der Waals surface area contributed by atoms with Gasteiger partial charge in [0.05, 0.1) is 24.7 Å². The van der Waals surface area contributed by atoms with Crippen molar-refractivity contribution >= 4 is 11.7 Å². The van der Waals surface area contributed by atoms with Crippen molar-refractivity contribution < 1.29 is 9.53 Å². The summed E-state index contributed by atoms with van der Waals surface area (Å²) in [7, 11) is 1.62. The van der Waals surface area contributed by atoms with Gasteiger partial charge in [-0.05, 0) is 36.8 Å². The highest BCUT2D eigenvalue weighted by atomic mass is 16.5. The lowest BCUT2D eigenvalue weighted by atomic mass is 9.86. The fraction of sp³-hybridized carbons (Fsp3) is 0.174. The standard InChI is InChI=1S/C23H20N6O2/c1-14-21-18(15-6-4-3-5-7-15)12-20(30)26-22(21)29(28-14)23-25-19(13-24-27-23)16-8-10-17(31-2)11-9-16/h3-11,13,18H,12H2,1-2H3,(H,26,30)/t18-/m1/s1. The van der Waals surface area contributed by atoms with E-state index in [-0.39, 0.29) is 11.8 Å². The molecule has 0 spiro atoms. The lowest BCUT2D eigenvalue weighted by Crippen LogP contribution is -2.25. The second kappa shape index (κ2) is 7.64. The van der Waals surface area contributed by atoms with Crippen LogP contribution in [-0.4, -0.2) is 38.0 Å². The van der Waals surface area contributed by atoms with Crippen LogP contribution in [-0.2, 0) is 4.79 Å². The van der Waals surface area contributed by atoms with Crippen molar-refractivity contribution in [1.82, 2.24) is 25.0 Å². The van der Waals surface area contributed by atoms with Gasteiger partial charge in [0.1, 0.15) is 11.6 Å². The Hall–Kier alpha value is -4.07. The van der Waals surface area contributed by atoms with Crippen molar-refractivity contribution in [1.29, 1.82) is 0 Å². The molecule has 0 unspecified atom stereocenters. The molecule has 8 nitrogen and oxygen atoms in total. The van der Waals surface area contributed by atoms with Gasteiger partial charge in [0.15, 0.2) is 0 Å². The zero-order valence-corrected chi connectivity index (χ0v) is 17.1. The molecule has 4 aromatic rings. The van der Waals surface area contributed by atoms with Crippen LogP contribution >= 0.6 is 0 Å². The summed E-state index contributed by atoms with van der Waals surface area (Å²) in [5, 5.41) is 15.9. The van der Waals surface area contributed by atoms with Gasteiger partial charge in [-0.1, -0.05) is 30.3 Å². The Bertz CT molecular complexity index is 1250. The molecule has 0 saturated heterocycles. The van der Waals surface area contributed by atoms with Gasteiger partial charge < -0.3 is 10.1 Å². The zero-order valence-electron chi connectivity index (χ0n) is 17.1. The number of aromatic nitrogens is 5. The Balaban J connectivity index is 1.59. The third kappa shape index (κ3) is 3.42. The summed E-state index contributed by atoms with van der Waals surface area (Å²) in [6.45, 7) is 1.93. The summed E-state index contributed by atoms with van der Waals surface area (Å²) in [6.07, 6.45) is 1.97. The quantitative estimate of drug-likeness (QED) is 0.551. The number of hydrogen-bond donors (Lipinski definition) is 1. The maximum absolute atomic E-state index is 12.5. The Kier molecular flexibility index (Phi) is 4.66. The molecule has 3 heterocycles. The molecular formula is C23H20N6O2. The SMILES string of the molecule is COc1ccc(-c2cnnc(-n3nc(C)c4c3NC(=O)C[C@@H]4c3ccccc3)n2)cc1. The number of hydrogen-bond acceptors (Lipinski definition) is 6. The number of carbonyl (C=O) groups is 1. The number of amides is 1. The monoisotopic (exact) mass is 412 g/mol. The number of nitrogens with one attached hydrogen (secondary N) is 1. The molecule has 2 aromatic heterocycles. The van der Waals surface area contributed by atoms with Gasteiger partial charge in [-0.25, -0.2) is 4.98 Å². The molecule has 8 heteroatoms. The second-order valence-electron chi connectivity index (χ2n) is 7.35. The van der Waals surface area contributed by atoms with Gasteiger partial charge in [0, 0.05) is 23.5 Å². The first-order chi connectivity index (χ1) is 15.1. The Morgan fingerprint density at radius 1 is 1.10 bits per heavy atom. The molecule has 1 amide bonds. The Morgan fingerprint density at radius 2 is 1.87 bits per heavy atom. The first-order valence-corrected chi connectivity index (χ1v) is 9.93. The summed E-state index contributed by atoms with van der Waals surface area (Å²) in [4.78, 5) is 17.2. The number of benzene rings is 2. The molecule has 154 valence electrons. The van der Waals surface area contributed by atoms with E-state index in [9.17, 15) is 4.79 Å². The van der Waals surface area contributed by atoms with E-state index in [4.69, 9.17) is 4.74 Å². The highest BCUT2D eigenvalue weighted by Gasteiger charge is 2.33. The molecule has 1 aliphatic rings. The van der Waals surface area contributed by atoms with Crippen LogP contribution in [0.5, 0.6) is 5.75 Å². The molecule has 1 N–H and O–H groups in total. The van der Waals surface area contributed by atoms with Crippen LogP contribution in [0.15, 0.2) is 60.8 Å². The summed E-state index contributed by atoms with van der Waals surface area (Å²) in [5.74, 6) is 1.51. The summed E-state index contributed by atoms with van der Waals surface area (Å²) in [6, 6.07) is 17.5. The van der Waals surface area contributed by atoms with Crippen LogP contribution in [0.3, 0.4) is 0 Å². The van der Waals surface area contributed by atoms with E-state index < -0.39 is 0 Å². The topological polar surface area (TPSA) is 94.8 Å². The van der Waals surface area contributed by atoms with E-state index in [1.54, 1.807) is 18.0 Å². The third-order valence-corrected chi connectivity index (χ3v) is 5.43. The molecular weight excluding hydrogens is 392 g/mol. The van der Waals surface area contributed by atoms with Gasteiger partial charge in [-0.15, -0.1) is 5.10 Å². The number of ether oxygens (including phenoxy) is 1.